The molecule has 1 aliphatic heterocycles. The molecule has 0 amide bonds. The van der Waals surface area contributed by atoms with Gasteiger partial charge in [0.15, 0.2) is 0 Å². The number of hydrogen-bond donors (Lipinski definition) is 1. The number of ketones is 1. The minimum absolute atomic E-state index is 0.0663. The molecule has 1 N–H and O–H groups in total. The Morgan fingerprint density at radius 3 is 3.00 bits per heavy atom. The van der Waals surface area contributed by atoms with Gasteiger partial charge in [-0.3, -0.25) is 9.69 Å². The predicted molar refractivity (Wildman–Crippen MR) is 69.4 cm³/mol. The molecule has 4 heteroatoms. The molecule has 2 rings (SSSR count). The van der Waals surface area contributed by atoms with Crippen LogP contribution in [-0.2, 0) is 9.53 Å². The lowest BCUT2D eigenvalue weighted by Crippen LogP contribution is -2.51. The second-order valence-electron chi connectivity index (χ2n) is 6.44. The van der Waals surface area contributed by atoms with Crippen LogP contribution < -0.4 is 0 Å². The highest BCUT2D eigenvalue weighted by atomic mass is 16.5. The smallest absolute Gasteiger partial charge is 0.137 e. The van der Waals surface area contributed by atoms with Crippen molar-refractivity contribution < 1.29 is 14.6 Å². The zero-order valence-electron chi connectivity index (χ0n) is 11.5. The number of hydrogen-bond acceptors (Lipinski definition) is 4. The molecule has 2 unspecified atom stereocenters. The van der Waals surface area contributed by atoms with E-state index < -0.39 is 0 Å². The highest BCUT2D eigenvalue weighted by Crippen LogP contribution is 2.37. The summed E-state index contributed by atoms with van der Waals surface area (Å²) in [4.78, 5) is 14.3. The lowest BCUT2D eigenvalue weighted by molar-refractivity contribution is -0.129. The normalized spacial score (nSPS) is 33.6. The summed E-state index contributed by atoms with van der Waals surface area (Å²) >= 11 is 0. The summed E-state index contributed by atoms with van der Waals surface area (Å²) in [5.74, 6) is 0.540. The number of Topliss-reactive ketones (excluding diaryl/α,β-unsaturated/α-hetero) is 1. The van der Waals surface area contributed by atoms with E-state index in [4.69, 9.17) is 4.74 Å². The fourth-order valence-electron chi connectivity index (χ4n) is 3.10. The summed E-state index contributed by atoms with van der Waals surface area (Å²) in [5.41, 5.74) is 0.277. The number of morpholine rings is 1. The molecule has 0 radical (unpaired) electrons. The first kappa shape index (κ1) is 14.0. The number of aliphatic hydroxyl groups is 1. The van der Waals surface area contributed by atoms with Crippen LogP contribution in [-0.4, -0.2) is 54.7 Å². The molecule has 18 heavy (non-hydrogen) atoms. The van der Waals surface area contributed by atoms with E-state index in [1.807, 2.05) is 0 Å². The third-order valence-electron chi connectivity index (χ3n) is 4.32. The van der Waals surface area contributed by atoms with E-state index in [2.05, 4.69) is 18.7 Å². The van der Waals surface area contributed by atoms with Crippen LogP contribution >= 0.6 is 0 Å². The van der Waals surface area contributed by atoms with Crippen molar-refractivity contribution in [2.24, 2.45) is 11.3 Å². The van der Waals surface area contributed by atoms with Gasteiger partial charge in [-0.05, 0) is 18.3 Å². The molecule has 0 bridgehead atoms. The van der Waals surface area contributed by atoms with Gasteiger partial charge < -0.3 is 9.84 Å². The maximum Gasteiger partial charge on any atom is 0.137 e. The van der Waals surface area contributed by atoms with E-state index in [1.165, 1.54) is 0 Å². The second kappa shape index (κ2) is 5.68. The summed E-state index contributed by atoms with van der Waals surface area (Å²) in [7, 11) is 0. The van der Waals surface area contributed by atoms with Gasteiger partial charge in [-0.25, -0.2) is 0 Å². The van der Waals surface area contributed by atoms with E-state index >= 15 is 0 Å². The fourth-order valence-corrected chi connectivity index (χ4v) is 3.10. The monoisotopic (exact) mass is 255 g/mol. The topological polar surface area (TPSA) is 49.8 Å². The largest absolute Gasteiger partial charge is 0.395 e. The van der Waals surface area contributed by atoms with Crippen LogP contribution in [0.15, 0.2) is 0 Å². The summed E-state index contributed by atoms with van der Waals surface area (Å²) in [6, 6.07) is 0.0663. The highest BCUT2D eigenvalue weighted by Gasteiger charge is 2.36. The van der Waals surface area contributed by atoms with Gasteiger partial charge in [0.25, 0.3) is 0 Å². The molecule has 1 saturated carbocycles. The standard InChI is InChI=1S/C14H25NO3/c1-14(2)4-3-13(17)11(7-14)8-15-5-6-18-10-12(15)9-16/h11-12,16H,3-10H2,1-2H3. The van der Waals surface area contributed by atoms with Crippen LogP contribution in [0.3, 0.4) is 0 Å². The zero-order valence-corrected chi connectivity index (χ0v) is 11.5. The third-order valence-corrected chi connectivity index (χ3v) is 4.32. The van der Waals surface area contributed by atoms with Gasteiger partial charge in [0.05, 0.1) is 25.9 Å². The molecule has 1 aliphatic carbocycles. The average Bonchev–Trinajstić information content (AvgIpc) is 2.34. The first-order valence-electron chi connectivity index (χ1n) is 6.97. The summed E-state index contributed by atoms with van der Waals surface area (Å²) in [6.45, 7) is 7.52. The van der Waals surface area contributed by atoms with Crippen LogP contribution in [0.1, 0.15) is 33.1 Å². The molecule has 4 nitrogen and oxygen atoms in total. The number of ether oxygens (including phenoxy) is 1. The molecule has 2 atom stereocenters. The Morgan fingerprint density at radius 1 is 1.50 bits per heavy atom. The van der Waals surface area contributed by atoms with Crippen molar-refractivity contribution in [3.63, 3.8) is 0 Å². The number of carbonyl (C=O) groups is 1. The van der Waals surface area contributed by atoms with Gasteiger partial charge >= 0.3 is 0 Å². The molecule has 1 heterocycles. The summed E-state index contributed by atoms with van der Waals surface area (Å²) < 4.78 is 5.37. The van der Waals surface area contributed by atoms with Crippen LogP contribution in [0.4, 0.5) is 0 Å². The molecular formula is C14H25NO3. The minimum Gasteiger partial charge on any atom is -0.395 e. The van der Waals surface area contributed by atoms with Crippen LogP contribution in [0, 0.1) is 11.3 Å². The van der Waals surface area contributed by atoms with Crippen LogP contribution in [0.2, 0.25) is 0 Å². The van der Waals surface area contributed by atoms with E-state index in [1.54, 1.807) is 0 Å². The lowest BCUT2D eigenvalue weighted by Gasteiger charge is -2.40. The number of rotatable bonds is 3. The molecule has 1 saturated heterocycles. The lowest BCUT2D eigenvalue weighted by atomic mass is 9.71. The minimum atomic E-state index is 0.0663. The zero-order chi connectivity index (χ0) is 13.2. The predicted octanol–water partition coefficient (Wildman–Crippen LogP) is 1.07. The molecule has 0 spiro atoms. The maximum absolute atomic E-state index is 12.0. The van der Waals surface area contributed by atoms with Gasteiger partial charge in [-0.1, -0.05) is 13.8 Å². The Hall–Kier alpha value is -0.450. The fraction of sp³-hybridized carbons (Fsp3) is 0.929. The third kappa shape index (κ3) is 3.31. The quantitative estimate of drug-likeness (QED) is 0.819. The Kier molecular flexibility index (Phi) is 4.41. The van der Waals surface area contributed by atoms with E-state index in [-0.39, 0.29) is 24.0 Å². The van der Waals surface area contributed by atoms with Crippen LogP contribution in [0.5, 0.6) is 0 Å². The molecule has 0 aromatic heterocycles. The number of carbonyl (C=O) groups excluding carboxylic acids is 1. The Bertz CT molecular complexity index is 303. The van der Waals surface area contributed by atoms with Crippen molar-refractivity contribution in [2.75, 3.05) is 32.9 Å². The van der Waals surface area contributed by atoms with E-state index in [0.717, 1.165) is 25.9 Å². The highest BCUT2D eigenvalue weighted by molar-refractivity contribution is 5.82. The average molecular weight is 255 g/mol. The SMILES string of the molecule is CC1(C)CCC(=O)C(CN2CCOCC2CO)C1. The summed E-state index contributed by atoms with van der Waals surface area (Å²) in [6.07, 6.45) is 2.70. The van der Waals surface area contributed by atoms with Gasteiger partial charge in [0.1, 0.15) is 5.78 Å². The van der Waals surface area contributed by atoms with Crippen molar-refractivity contribution in [3.8, 4) is 0 Å². The van der Waals surface area contributed by atoms with Crippen molar-refractivity contribution in [3.05, 3.63) is 0 Å². The van der Waals surface area contributed by atoms with Crippen molar-refractivity contribution in [1.29, 1.82) is 0 Å². The van der Waals surface area contributed by atoms with E-state index in [0.29, 0.717) is 25.4 Å². The van der Waals surface area contributed by atoms with Gasteiger partial charge in [0.2, 0.25) is 0 Å². The molecule has 0 aromatic carbocycles. The van der Waals surface area contributed by atoms with Crippen molar-refractivity contribution >= 4 is 5.78 Å². The Morgan fingerprint density at radius 2 is 2.28 bits per heavy atom. The molecule has 2 fully saturated rings. The maximum atomic E-state index is 12.0. The Labute approximate surface area is 109 Å². The first-order chi connectivity index (χ1) is 8.52. The molecule has 2 aliphatic rings. The van der Waals surface area contributed by atoms with Gasteiger partial charge in [-0.15, -0.1) is 0 Å². The number of aliphatic hydroxyl groups excluding tert-OH is 1. The van der Waals surface area contributed by atoms with Crippen molar-refractivity contribution in [1.82, 2.24) is 4.90 Å². The number of nitrogens with zero attached hydrogens (tertiary/aromatic N) is 1. The molecule has 0 aromatic rings. The van der Waals surface area contributed by atoms with E-state index in [9.17, 15) is 9.90 Å². The van der Waals surface area contributed by atoms with Gasteiger partial charge in [0, 0.05) is 25.4 Å². The van der Waals surface area contributed by atoms with Gasteiger partial charge in [-0.2, -0.15) is 0 Å². The first-order valence-corrected chi connectivity index (χ1v) is 6.97. The molecule has 104 valence electrons. The van der Waals surface area contributed by atoms with Crippen molar-refractivity contribution in [2.45, 2.75) is 39.2 Å². The second-order valence-corrected chi connectivity index (χ2v) is 6.44. The Balaban J connectivity index is 1.96. The van der Waals surface area contributed by atoms with Crippen LogP contribution in [0.25, 0.3) is 0 Å². The molecular weight excluding hydrogens is 230 g/mol. The summed E-state index contributed by atoms with van der Waals surface area (Å²) in [5, 5.41) is 9.35.